The lowest BCUT2D eigenvalue weighted by Crippen LogP contribution is -2.45. The number of aliphatic carboxylic acids is 1. The summed E-state index contributed by atoms with van der Waals surface area (Å²) in [6, 6.07) is 3.48. The first-order valence-electron chi connectivity index (χ1n) is 22.2. The molecule has 1 aromatic heterocycles. The minimum Gasteiger partial charge on any atom is -0.506 e. The van der Waals surface area contributed by atoms with Crippen molar-refractivity contribution < 1.29 is 71.5 Å². The quantitative estimate of drug-likeness (QED) is 0.0211. The number of carboxylic acids is 1. The number of methoxy groups -OCH3 is 1. The average molecular weight is 1030 g/mol. The van der Waals surface area contributed by atoms with Gasteiger partial charge in [-0.25, -0.2) is 13.4 Å². The van der Waals surface area contributed by atoms with Gasteiger partial charge in [0.05, 0.1) is 55.5 Å². The van der Waals surface area contributed by atoms with Crippen LogP contribution in [0.1, 0.15) is 80.5 Å². The van der Waals surface area contributed by atoms with E-state index < -0.39 is 99.9 Å². The predicted octanol–water partition coefficient (Wildman–Crippen LogP) is 0.244. The van der Waals surface area contributed by atoms with Crippen molar-refractivity contribution in [2.45, 2.75) is 89.5 Å². The predicted molar refractivity (Wildman–Crippen MR) is 256 cm³/mol. The molecule has 6 atom stereocenters. The van der Waals surface area contributed by atoms with E-state index in [1.54, 1.807) is 7.05 Å². The number of esters is 1. The fraction of sp³-hybridized carbons (Fsp3) is 0.628. The summed E-state index contributed by atoms with van der Waals surface area (Å²) >= 11 is 5.29. The second-order valence-electron chi connectivity index (χ2n) is 16.7. The lowest BCUT2D eigenvalue weighted by molar-refractivity contribution is -0.147. The molecule has 386 valence electrons. The second-order valence-corrected chi connectivity index (χ2v) is 20.3. The Morgan fingerprint density at radius 2 is 1.71 bits per heavy atom. The molecule has 26 heteroatoms. The van der Waals surface area contributed by atoms with Crippen LogP contribution in [0.4, 0.5) is 5.69 Å². The van der Waals surface area contributed by atoms with Crippen LogP contribution in [0.2, 0.25) is 0 Å². The molecule has 0 radical (unpaired) electrons. The van der Waals surface area contributed by atoms with Crippen LogP contribution in [-0.2, 0) is 59.4 Å². The number of carboxylic acid groups (broad SMARTS) is 1. The van der Waals surface area contributed by atoms with E-state index in [-0.39, 0.29) is 94.2 Å². The molecular weight excluding hydrogens is 965 g/mol. The molecule has 3 rings (SSSR count). The van der Waals surface area contributed by atoms with Gasteiger partial charge in [-0.1, -0.05) is 26.8 Å². The van der Waals surface area contributed by atoms with Crippen molar-refractivity contribution in [1.29, 1.82) is 0 Å². The van der Waals surface area contributed by atoms with Crippen LogP contribution in [0.25, 0.3) is 0 Å². The number of sulfonamides is 1. The molecule has 2 unspecified atom stereocenters. The topological polar surface area (TPSA) is 322 Å². The van der Waals surface area contributed by atoms with Gasteiger partial charge in [0.25, 0.3) is 5.91 Å². The number of likely N-dealkylation sites (tertiary alicyclic amines) is 1. The number of phenols is 1. The molecule has 1 fully saturated rings. The molecular formula is C43H66N8O15S3. The van der Waals surface area contributed by atoms with Gasteiger partial charge < -0.3 is 61.0 Å². The number of ether oxygens (including phenoxy) is 3. The molecule has 69 heavy (non-hydrogen) atoms. The highest BCUT2D eigenvalue weighted by Crippen LogP contribution is 2.29. The van der Waals surface area contributed by atoms with Crippen LogP contribution in [-0.4, -0.2) is 175 Å². The van der Waals surface area contributed by atoms with Gasteiger partial charge in [0.15, 0.2) is 6.10 Å². The fourth-order valence-electron chi connectivity index (χ4n) is 7.07. The zero-order valence-corrected chi connectivity index (χ0v) is 42.1. The number of rotatable bonds is 31. The third-order valence-electron chi connectivity index (χ3n) is 10.9. The molecule has 1 saturated heterocycles. The summed E-state index contributed by atoms with van der Waals surface area (Å²) < 4.78 is 43.2. The largest absolute Gasteiger partial charge is 0.506 e. The smallest absolute Gasteiger partial charge is 0.306 e. The van der Waals surface area contributed by atoms with E-state index in [1.807, 2.05) is 13.8 Å². The number of amides is 5. The maximum atomic E-state index is 13.5. The maximum Gasteiger partial charge on any atom is 0.306 e. The van der Waals surface area contributed by atoms with E-state index in [2.05, 4.69) is 44.2 Å². The van der Waals surface area contributed by atoms with Gasteiger partial charge in [0.2, 0.25) is 33.7 Å². The van der Waals surface area contributed by atoms with Crippen LogP contribution >= 0.6 is 24.0 Å². The number of hydrogen-bond donors (Lipinski definition) is 9. The number of aliphatic hydroxyl groups is 1. The van der Waals surface area contributed by atoms with Crippen LogP contribution in [0.5, 0.6) is 5.75 Å². The van der Waals surface area contributed by atoms with Crippen molar-refractivity contribution in [3.05, 3.63) is 39.8 Å². The highest BCUT2D eigenvalue weighted by atomic mass is 32.2. The number of phenolic OH excluding ortho intramolecular Hbond substituents is 1. The van der Waals surface area contributed by atoms with Gasteiger partial charge >= 0.3 is 11.9 Å². The van der Waals surface area contributed by atoms with Crippen molar-refractivity contribution in [2.24, 2.45) is 11.8 Å². The molecule has 0 saturated carbocycles. The third-order valence-corrected chi connectivity index (χ3v) is 14.1. The molecule has 2 heterocycles. The Bertz CT molecular complexity index is 2180. The van der Waals surface area contributed by atoms with E-state index in [0.717, 1.165) is 20.5 Å². The van der Waals surface area contributed by atoms with Crippen molar-refractivity contribution in [2.75, 3.05) is 77.8 Å². The van der Waals surface area contributed by atoms with E-state index >= 15 is 0 Å². The Hall–Kier alpha value is -4.96. The lowest BCUT2D eigenvalue weighted by atomic mass is 9.95. The van der Waals surface area contributed by atoms with Gasteiger partial charge in [-0.15, -0.1) is 11.3 Å². The summed E-state index contributed by atoms with van der Waals surface area (Å²) in [4.78, 5) is 93.5. The number of aliphatic hydroxyl groups excluding tert-OH is 1. The Labute approximate surface area is 411 Å². The van der Waals surface area contributed by atoms with Crippen LogP contribution in [0.15, 0.2) is 23.6 Å². The second kappa shape index (κ2) is 28.6. The fourth-order valence-corrected chi connectivity index (χ4v) is 9.56. The summed E-state index contributed by atoms with van der Waals surface area (Å²) in [7, 11) is -0.749. The van der Waals surface area contributed by atoms with Crippen LogP contribution in [0, 0.1) is 11.8 Å². The van der Waals surface area contributed by atoms with E-state index in [4.69, 9.17) is 14.2 Å². The Kier molecular flexibility index (Phi) is 24.2. The number of hydrogen-bond acceptors (Lipinski definition) is 18. The standard InChI is InChI=1S/C43H66N8O15S3/c1-25(2)30(44-5)20-34(66-27(4)52)41-49-32(24-68-41)40(58)47-29(17-26(3)43(60)61)18-28-7-8-33(53)31(19-28)48-38(56)23-46-37(55)22-45-36(54)9-10-50(69(62,63)16-15-65-14-13-64-6)11-12-51-39(57)21-35(67)42(51)59/h7-8,19,24-26,29-30,34-35,39,44,53,57,67H,9-18,20-23H2,1-6H3,(H,45,54)(H,46,55)(H,47,58)(H,48,56)(H,60,61)/t26-,29+,30+,34+,35?,39?/m0/s1. The highest BCUT2D eigenvalue weighted by molar-refractivity contribution is 7.89. The number of nitrogens with zero attached hydrogens (tertiary/aromatic N) is 3. The van der Waals surface area contributed by atoms with Crippen molar-refractivity contribution in [1.82, 2.24) is 35.5 Å². The van der Waals surface area contributed by atoms with Gasteiger partial charge in [-0.05, 0) is 43.5 Å². The van der Waals surface area contributed by atoms with Crippen molar-refractivity contribution >= 4 is 81.2 Å². The number of nitrogens with one attached hydrogen (secondary N) is 5. The molecule has 2 aromatic rings. The lowest BCUT2D eigenvalue weighted by Gasteiger charge is -2.26. The average Bonchev–Trinajstić information content (AvgIpc) is 3.87. The summed E-state index contributed by atoms with van der Waals surface area (Å²) in [5.74, 6) is -6.31. The van der Waals surface area contributed by atoms with Gasteiger partial charge in [-0.3, -0.25) is 33.6 Å². The first-order chi connectivity index (χ1) is 32.5. The minimum absolute atomic E-state index is 0.00295. The Morgan fingerprint density at radius 3 is 2.33 bits per heavy atom. The summed E-state index contributed by atoms with van der Waals surface area (Å²) in [5.41, 5.74) is 0.486. The zero-order valence-electron chi connectivity index (χ0n) is 39.6. The maximum absolute atomic E-state index is 13.5. The van der Waals surface area contributed by atoms with Crippen molar-refractivity contribution in [3.63, 3.8) is 0 Å². The molecule has 1 aliphatic heterocycles. The minimum atomic E-state index is -4.01. The first-order valence-corrected chi connectivity index (χ1v) is 25.2. The van der Waals surface area contributed by atoms with Gasteiger partial charge in [-0.2, -0.15) is 16.9 Å². The Morgan fingerprint density at radius 1 is 1.01 bits per heavy atom. The van der Waals surface area contributed by atoms with E-state index in [9.17, 15) is 57.3 Å². The third kappa shape index (κ3) is 19.8. The highest BCUT2D eigenvalue weighted by Gasteiger charge is 2.37. The summed E-state index contributed by atoms with van der Waals surface area (Å²) in [6.45, 7) is 5.18. The molecule has 5 amide bonds. The van der Waals surface area contributed by atoms with Gasteiger partial charge in [0.1, 0.15) is 22.7 Å². The molecule has 8 N–H and O–H groups in total. The van der Waals surface area contributed by atoms with Crippen LogP contribution in [0.3, 0.4) is 0 Å². The molecule has 1 aromatic carbocycles. The first kappa shape index (κ1) is 58.4. The van der Waals surface area contributed by atoms with E-state index in [0.29, 0.717) is 17.0 Å². The number of aromatic hydroxyl groups is 1. The number of carbonyl (C=O) groups excluding carboxylic acids is 6. The SMILES string of the molecule is CN[C@H](C[C@@H](OC(C)=O)c1nc(C(=O)N[C@@H](Cc2ccc(O)c(NC(=O)CNC(=O)CNC(=O)CCN(CCN3C(=O)C(S)CC3O)S(=O)(=O)CCOCCOC)c2)C[C@H](C)C(=O)O)cs1)C(C)C. The zero-order chi connectivity index (χ0) is 51.4. The monoisotopic (exact) mass is 1030 g/mol. The number of aromatic nitrogens is 1. The summed E-state index contributed by atoms with van der Waals surface area (Å²) in [6.07, 6.45) is -1.68. The number of benzene rings is 1. The number of anilines is 1. The molecule has 0 bridgehead atoms. The molecule has 0 spiro atoms. The van der Waals surface area contributed by atoms with Gasteiger partial charge in [0, 0.05) is 70.4 Å². The Balaban J connectivity index is 1.58. The number of carbonyl (C=O) groups is 7. The molecule has 0 aliphatic carbocycles. The number of thiazole rings is 1. The van der Waals surface area contributed by atoms with E-state index in [1.165, 1.54) is 44.5 Å². The summed E-state index contributed by atoms with van der Waals surface area (Å²) in [5, 5.41) is 44.9. The van der Waals surface area contributed by atoms with Crippen molar-refractivity contribution in [3.8, 4) is 5.75 Å². The van der Waals surface area contributed by atoms with Crippen LogP contribution < -0.4 is 26.6 Å². The molecule has 23 nitrogen and oxygen atoms in total. The number of thiol groups is 1. The molecule has 1 aliphatic rings. The normalized spacial score (nSPS) is 16.7.